The van der Waals surface area contributed by atoms with Gasteiger partial charge >= 0.3 is 0 Å². The monoisotopic (exact) mass is 391 g/mol. The Morgan fingerprint density at radius 2 is 1.86 bits per heavy atom. The van der Waals surface area contributed by atoms with Crippen LogP contribution in [0.1, 0.15) is 36.7 Å². The second-order valence-electron chi connectivity index (χ2n) is 7.96. The Labute approximate surface area is 169 Å². The predicted molar refractivity (Wildman–Crippen MR) is 109 cm³/mol. The van der Waals surface area contributed by atoms with Crippen LogP contribution in [-0.2, 0) is 0 Å². The summed E-state index contributed by atoms with van der Waals surface area (Å²) in [7, 11) is 0. The second-order valence-corrected chi connectivity index (χ2v) is 7.96. The molecule has 0 aliphatic heterocycles. The highest BCUT2D eigenvalue weighted by Crippen LogP contribution is 2.32. The summed E-state index contributed by atoms with van der Waals surface area (Å²) >= 11 is 0. The van der Waals surface area contributed by atoms with Gasteiger partial charge < -0.3 is 15.0 Å². The maximum absolute atomic E-state index is 13.3. The molecule has 1 heterocycles. The first-order valence-electron chi connectivity index (χ1n) is 9.14. The molecule has 0 saturated carbocycles. The fourth-order valence-electron chi connectivity index (χ4n) is 2.93. The zero-order valence-corrected chi connectivity index (χ0v) is 16.6. The van der Waals surface area contributed by atoms with E-state index in [0.717, 1.165) is 0 Å². The normalized spacial score (nSPS) is 11.1. The quantitative estimate of drug-likeness (QED) is 0.686. The first kappa shape index (κ1) is 20.2. The number of ether oxygens (including phenoxy) is 1. The molecule has 0 bridgehead atoms. The number of carbonyl (C=O) groups is 1. The largest absolute Gasteiger partial charge is 0.492 e. The van der Waals surface area contributed by atoms with Crippen LogP contribution in [-0.4, -0.2) is 17.1 Å². The van der Waals surface area contributed by atoms with Crippen molar-refractivity contribution in [2.24, 2.45) is 11.1 Å². The van der Waals surface area contributed by atoms with E-state index < -0.39 is 5.91 Å². The molecule has 0 fully saturated rings. The number of benzene rings is 2. The smallest absolute Gasteiger partial charge is 0.250 e. The van der Waals surface area contributed by atoms with Gasteiger partial charge in [0.25, 0.3) is 5.91 Å². The fourth-order valence-corrected chi connectivity index (χ4v) is 2.93. The number of nitrogens with zero attached hydrogens (tertiary/aromatic N) is 2. The van der Waals surface area contributed by atoms with Crippen molar-refractivity contribution in [2.75, 3.05) is 6.61 Å². The first-order valence-corrected chi connectivity index (χ1v) is 9.14. The van der Waals surface area contributed by atoms with Crippen LogP contribution in [0, 0.1) is 22.6 Å². The summed E-state index contributed by atoms with van der Waals surface area (Å²) in [4.78, 5) is 12.0. The topological polar surface area (TPSA) is 81.0 Å². The van der Waals surface area contributed by atoms with Gasteiger partial charge in [-0.3, -0.25) is 4.79 Å². The van der Waals surface area contributed by atoms with Crippen LogP contribution < -0.4 is 10.5 Å². The number of rotatable bonds is 5. The number of nitrogens with two attached hydrogens (primary N) is 1. The van der Waals surface area contributed by atoms with Crippen molar-refractivity contribution in [1.82, 2.24) is 4.57 Å². The van der Waals surface area contributed by atoms with E-state index in [1.54, 1.807) is 47.2 Å². The van der Waals surface area contributed by atoms with E-state index >= 15 is 0 Å². The Bertz CT molecular complexity index is 1090. The number of hydrogen-bond donors (Lipinski definition) is 1. The average molecular weight is 391 g/mol. The minimum Gasteiger partial charge on any atom is -0.492 e. The zero-order chi connectivity index (χ0) is 21.2. The Kier molecular flexibility index (Phi) is 5.42. The van der Waals surface area contributed by atoms with Crippen LogP contribution in [0.25, 0.3) is 16.9 Å². The Morgan fingerprint density at radius 1 is 1.17 bits per heavy atom. The van der Waals surface area contributed by atoms with Crippen LogP contribution in [0.4, 0.5) is 4.39 Å². The predicted octanol–water partition coefficient (Wildman–Crippen LogP) is 4.68. The van der Waals surface area contributed by atoms with Gasteiger partial charge in [-0.15, -0.1) is 0 Å². The molecule has 0 atom stereocenters. The summed E-state index contributed by atoms with van der Waals surface area (Å²) in [5.74, 6) is -0.469. The molecule has 3 rings (SSSR count). The summed E-state index contributed by atoms with van der Waals surface area (Å²) in [6.07, 6.45) is 1.69. The molecule has 3 aromatic rings. The van der Waals surface area contributed by atoms with Crippen molar-refractivity contribution in [1.29, 1.82) is 5.26 Å². The molecular weight excluding hydrogens is 369 g/mol. The number of nitriles is 1. The van der Waals surface area contributed by atoms with Crippen molar-refractivity contribution < 1.29 is 13.9 Å². The molecule has 0 saturated heterocycles. The Morgan fingerprint density at radius 3 is 2.45 bits per heavy atom. The number of aromatic nitrogens is 1. The Balaban J connectivity index is 2.10. The first-order chi connectivity index (χ1) is 13.7. The highest BCUT2D eigenvalue weighted by atomic mass is 19.1. The molecule has 1 aromatic heterocycles. The fraction of sp³-hybridized carbons (Fsp3) is 0.217. The summed E-state index contributed by atoms with van der Waals surface area (Å²) in [6.45, 7) is 6.59. The van der Waals surface area contributed by atoms with Crippen molar-refractivity contribution >= 4 is 5.91 Å². The maximum atomic E-state index is 13.3. The van der Waals surface area contributed by atoms with Crippen molar-refractivity contribution in [3.63, 3.8) is 0 Å². The molecule has 0 aliphatic carbocycles. The molecule has 2 N–H and O–H groups in total. The van der Waals surface area contributed by atoms with E-state index in [1.807, 2.05) is 20.8 Å². The van der Waals surface area contributed by atoms with Crippen LogP contribution in [0.2, 0.25) is 0 Å². The third kappa shape index (κ3) is 4.46. The van der Waals surface area contributed by atoms with Gasteiger partial charge in [-0.25, -0.2) is 4.39 Å². The number of primary amides is 1. The highest BCUT2D eigenvalue weighted by molar-refractivity contribution is 5.99. The average Bonchev–Trinajstić information content (AvgIpc) is 3.11. The summed E-state index contributed by atoms with van der Waals surface area (Å²) in [6, 6.07) is 14.8. The van der Waals surface area contributed by atoms with Gasteiger partial charge in [0.1, 0.15) is 17.6 Å². The minimum atomic E-state index is -0.590. The van der Waals surface area contributed by atoms with Gasteiger partial charge in [-0.2, -0.15) is 5.26 Å². The Hall–Kier alpha value is -3.59. The molecule has 29 heavy (non-hydrogen) atoms. The van der Waals surface area contributed by atoms with Crippen LogP contribution in [0.15, 0.2) is 54.7 Å². The molecule has 0 radical (unpaired) electrons. The molecule has 0 spiro atoms. The number of carbonyl (C=O) groups excluding carboxylic acids is 1. The molecule has 2 aromatic carbocycles. The van der Waals surface area contributed by atoms with Crippen molar-refractivity contribution in [3.05, 3.63) is 71.7 Å². The number of amides is 1. The van der Waals surface area contributed by atoms with E-state index in [2.05, 4.69) is 6.07 Å². The molecule has 0 unspecified atom stereocenters. The molecule has 6 heteroatoms. The summed E-state index contributed by atoms with van der Waals surface area (Å²) < 4.78 is 20.9. The maximum Gasteiger partial charge on any atom is 0.250 e. The van der Waals surface area contributed by atoms with Gasteiger partial charge in [-0.1, -0.05) is 20.8 Å². The lowest BCUT2D eigenvalue weighted by atomic mass is 9.98. The second kappa shape index (κ2) is 7.80. The molecule has 148 valence electrons. The number of halogens is 1. The third-order valence-electron chi connectivity index (χ3n) is 4.29. The molecular formula is C23H22FN3O2. The molecule has 1 amide bonds. The van der Waals surface area contributed by atoms with E-state index in [4.69, 9.17) is 10.5 Å². The van der Waals surface area contributed by atoms with E-state index in [1.165, 1.54) is 12.1 Å². The van der Waals surface area contributed by atoms with Crippen molar-refractivity contribution in [3.8, 4) is 28.8 Å². The lowest BCUT2D eigenvalue weighted by Crippen LogP contribution is -2.17. The molecule has 5 nitrogen and oxygen atoms in total. The van der Waals surface area contributed by atoms with Gasteiger partial charge in [0.15, 0.2) is 0 Å². The zero-order valence-electron chi connectivity index (χ0n) is 16.6. The minimum absolute atomic E-state index is 0.0538. The van der Waals surface area contributed by atoms with Gasteiger partial charge in [0.2, 0.25) is 0 Å². The van der Waals surface area contributed by atoms with Gasteiger partial charge in [-0.05, 0) is 53.9 Å². The summed E-state index contributed by atoms with van der Waals surface area (Å²) in [5, 5.41) is 9.60. The number of hydrogen-bond acceptors (Lipinski definition) is 3. The lowest BCUT2D eigenvalue weighted by Gasteiger charge is -2.20. The van der Waals surface area contributed by atoms with Gasteiger partial charge in [0.05, 0.1) is 23.4 Å². The molecule has 0 aliphatic rings. The van der Waals surface area contributed by atoms with E-state index in [-0.39, 0.29) is 11.2 Å². The van der Waals surface area contributed by atoms with Gasteiger partial charge in [0, 0.05) is 17.4 Å². The SMILES string of the molecule is CC(C)(C)COc1ccc(-c2c(C(N)=O)ccn2-c2ccc(F)cc2)cc1C#N. The van der Waals surface area contributed by atoms with E-state index in [0.29, 0.717) is 40.4 Å². The van der Waals surface area contributed by atoms with E-state index in [9.17, 15) is 14.4 Å². The van der Waals surface area contributed by atoms with Crippen LogP contribution in [0.3, 0.4) is 0 Å². The third-order valence-corrected chi connectivity index (χ3v) is 4.29. The van der Waals surface area contributed by atoms with Crippen LogP contribution in [0.5, 0.6) is 5.75 Å². The standard InChI is InChI=1S/C23H22FN3O2/c1-23(2,3)14-29-20-9-4-15(12-16(20)13-25)21-19(22(26)28)10-11-27(21)18-7-5-17(24)6-8-18/h4-12H,14H2,1-3H3,(H2,26,28). The van der Waals surface area contributed by atoms with Crippen LogP contribution >= 0.6 is 0 Å². The lowest BCUT2D eigenvalue weighted by molar-refractivity contribution is 0.100. The summed E-state index contributed by atoms with van der Waals surface area (Å²) in [5.41, 5.74) is 8.00. The highest BCUT2D eigenvalue weighted by Gasteiger charge is 2.19. The van der Waals surface area contributed by atoms with Crippen molar-refractivity contribution in [2.45, 2.75) is 20.8 Å².